The molecule has 0 amide bonds. The summed E-state index contributed by atoms with van der Waals surface area (Å²) in [7, 11) is 3.22. The maximum absolute atomic E-state index is 11.6. The van der Waals surface area contributed by atoms with Gasteiger partial charge in [0.2, 0.25) is 0 Å². The molecule has 0 aliphatic heterocycles. The fourth-order valence-electron chi connectivity index (χ4n) is 1.53. The number of aryl methyl sites for hydroxylation is 1. The first-order valence-electron chi connectivity index (χ1n) is 5.31. The monoisotopic (exact) mass is 398 g/mol. The SMILES string of the molecule is Cn1ccnc1COc1c(Cl)cc(Br)cc1S(=O)(=O)Cl. The van der Waals surface area contributed by atoms with Gasteiger partial charge in [0.1, 0.15) is 17.3 Å². The minimum atomic E-state index is -3.97. The van der Waals surface area contributed by atoms with Crippen molar-refractivity contribution in [3.05, 3.63) is 39.8 Å². The number of halogens is 3. The van der Waals surface area contributed by atoms with Crippen molar-refractivity contribution in [2.45, 2.75) is 11.5 Å². The van der Waals surface area contributed by atoms with E-state index in [0.29, 0.717) is 10.3 Å². The van der Waals surface area contributed by atoms with Crippen LogP contribution in [0.1, 0.15) is 5.82 Å². The van der Waals surface area contributed by atoms with Crippen LogP contribution in [0.15, 0.2) is 33.9 Å². The van der Waals surface area contributed by atoms with Crippen molar-refractivity contribution < 1.29 is 13.2 Å². The van der Waals surface area contributed by atoms with Crippen LogP contribution in [0.4, 0.5) is 0 Å². The molecular weight excluding hydrogens is 391 g/mol. The number of ether oxygens (including phenoxy) is 1. The molecule has 20 heavy (non-hydrogen) atoms. The van der Waals surface area contributed by atoms with E-state index < -0.39 is 9.05 Å². The van der Waals surface area contributed by atoms with Crippen molar-refractivity contribution in [2.75, 3.05) is 0 Å². The molecule has 1 aromatic carbocycles. The Hall–Kier alpha value is -0.760. The van der Waals surface area contributed by atoms with E-state index in [9.17, 15) is 8.42 Å². The molecule has 9 heteroatoms. The number of nitrogens with zero attached hydrogens (tertiary/aromatic N) is 2. The molecule has 0 unspecified atom stereocenters. The normalized spacial score (nSPS) is 11.6. The standard InChI is InChI=1S/C11H9BrCl2N2O3S/c1-16-3-2-15-10(16)6-19-11-8(13)4-7(12)5-9(11)20(14,17)18/h2-5H,6H2,1H3. The van der Waals surface area contributed by atoms with Gasteiger partial charge in [-0.15, -0.1) is 0 Å². The number of aromatic nitrogens is 2. The molecule has 0 aliphatic carbocycles. The van der Waals surface area contributed by atoms with Gasteiger partial charge in [-0.05, 0) is 12.1 Å². The van der Waals surface area contributed by atoms with Crippen molar-refractivity contribution in [3.63, 3.8) is 0 Å². The molecule has 0 aliphatic rings. The molecule has 0 N–H and O–H groups in total. The average Bonchev–Trinajstić information content (AvgIpc) is 2.72. The first kappa shape index (κ1) is 15.6. The summed E-state index contributed by atoms with van der Waals surface area (Å²) in [5, 5.41) is 0.146. The Morgan fingerprint density at radius 3 is 2.70 bits per heavy atom. The third kappa shape index (κ3) is 3.46. The van der Waals surface area contributed by atoms with E-state index in [4.69, 9.17) is 27.0 Å². The molecule has 2 rings (SSSR count). The summed E-state index contributed by atoms with van der Waals surface area (Å²) < 4.78 is 30.9. The third-order valence-corrected chi connectivity index (χ3v) is 4.57. The Bertz CT molecular complexity index is 746. The van der Waals surface area contributed by atoms with Crippen LogP contribution in [0.2, 0.25) is 5.02 Å². The van der Waals surface area contributed by atoms with E-state index in [1.165, 1.54) is 12.1 Å². The van der Waals surface area contributed by atoms with Gasteiger partial charge in [0.05, 0.1) is 5.02 Å². The summed E-state index contributed by atoms with van der Waals surface area (Å²) in [6, 6.07) is 2.86. The van der Waals surface area contributed by atoms with Gasteiger partial charge in [0, 0.05) is 34.6 Å². The van der Waals surface area contributed by atoms with Gasteiger partial charge in [-0.1, -0.05) is 27.5 Å². The average molecular weight is 400 g/mol. The van der Waals surface area contributed by atoms with Crippen molar-refractivity contribution in [1.29, 1.82) is 0 Å². The van der Waals surface area contributed by atoms with E-state index >= 15 is 0 Å². The summed E-state index contributed by atoms with van der Waals surface area (Å²) in [5.74, 6) is 0.634. The van der Waals surface area contributed by atoms with Gasteiger partial charge in [0.25, 0.3) is 9.05 Å². The summed E-state index contributed by atoms with van der Waals surface area (Å²) in [4.78, 5) is 3.89. The summed E-state index contributed by atoms with van der Waals surface area (Å²) in [5.41, 5.74) is 0. The second-order valence-corrected chi connectivity index (χ2v) is 7.75. The van der Waals surface area contributed by atoms with E-state index in [2.05, 4.69) is 20.9 Å². The van der Waals surface area contributed by atoms with E-state index in [-0.39, 0.29) is 22.3 Å². The largest absolute Gasteiger partial charge is 0.483 e. The second kappa shape index (κ2) is 5.93. The predicted molar refractivity (Wildman–Crippen MR) is 79.7 cm³/mol. The molecule has 0 spiro atoms. The number of rotatable bonds is 4. The molecule has 108 valence electrons. The Labute approximate surface area is 134 Å². The van der Waals surface area contributed by atoms with E-state index in [0.717, 1.165) is 0 Å². The highest BCUT2D eigenvalue weighted by Gasteiger charge is 2.21. The highest BCUT2D eigenvalue weighted by atomic mass is 79.9. The summed E-state index contributed by atoms with van der Waals surface area (Å²) >= 11 is 9.18. The number of benzene rings is 1. The van der Waals surface area contributed by atoms with Crippen LogP contribution >= 0.6 is 38.2 Å². The van der Waals surface area contributed by atoms with Crippen molar-refractivity contribution in [1.82, 2.24) is 9.55 Å². The van der Waals surface area contributed by atoms with E-state index in [1.54, 1.807) is 24.0 Å². The van der Waals surface area contributed by atoms with Gasteiger partial charge in [0.15, 0.2) is 5.75 Å². The molecule has 5 nitrogen and oxygen atoms in total. The summed E-state index contributed by atoms with van der Waals surface area (Å²) in [6.07, 6.45) is 3.36. The minimum absolute atomic E-state index is 0.00728. The first-order valence-corrected chi connectivity index (χ1v) is 8.80. The molecule has 2 aromatic rings. The Morgan fingerprint density at radius 1 is 1.45 bits per heavy atom. The molecule has 0 saturated heterocycles. The summed E-state index contributed by atoms with van der Waals surface area (Å²) in [6.45, 7) is 0.0737. The lowest BCUT2D eigenvalue weighted by Gasteiger charge is -2.12. The Balaban J connectivity index is 2.38. The maximum atomic E-state index is 11.6. The topological polar surface area (TPSA) is 61.2 Å². The van der Waals surface area contributed by atoms with Crippen molar-refractivity contribution in [3.8, 4) is 5.75 Å². The molecular formula is C11H9BrCl2N2O3S. The molecule has 0 radical (unpaired) electrons. The number of hydrogen-bond acceptors (Lipinski definition) is 4. The first-order chi connectivity index (χ1) is 9.29. The van der Waals surface area contributed by atoms with Gasteiger partial charge in [-0.2, -0.15) is 0 Å². The Kier molecular flexibility index (Phi) is 4.63. The third-order valence-electron chi connectivity index (χ3n) is 2.50. The van der Waals surface area contributed by atoms with Crippen LogP contribution in [-0.2, 0) is 22.7 Å². The lowest BCUT2D eigenvalue weighted by molar-refractivity contribution is 0.284. The van der Waals surface area contributed by atoms with Gasteiger partial charge >= 0.3 is 0 Å². The van der Waals surface area contributed by atoms with Crippen LogP contribution in [0.25, 0.3) is 0 Å². The quantitative estimate of drug-likeness (QED) is 0.739. The van der Waals surface area contributed by atoms with Crippen LogP contribution in [0, 0.1) is 0 Å². The lowest BCUT2D eigenvalue weighted by atomic mass is 10.3. The zero-order valence-electron chi connectivity index (χ0n) is 10.2. The number of hydrogen-bond donors (Lipinski definition) is 0. The van der Waals surface area contributed by atoms with Crippen molar-refractivity contribution >= 4 is 47.3 Å². The van der Waals surface area contributed by atoms with Crippen LogP contribution < -0.4 is 4.74 Å². The lowest BCUT2D eigenvalue weighted by Crippen LogP contribution is -2.06. The van der Waals surface area contributed by atoms with Gasteiger partial charge < -0.3 is 9.30 Å². The minimum Gasteiger partial charge on any atom is -0.483 e. The molecule has 1 aromatic heterocycles. The fraction of sp³-hybridized carbons (Fsp3) is 0.182. The van der Waals surface area contributed by atoms with Crippen LogP contribution in [-0.4, -0.2) is 18.0 Å². The second-order valence-electron chi connectivity index (χ2n) is 3.90. The highest BCUT2D eigenvalue weighted by molar-refractivity contribution is 9.10. The molecule has 0 atom stereocenters. The molecule has 1 heterocycles. The smallest absolute Gasteiger partial charge is 0.265 e. The highest BCUT2D eigenvalue weighted by Crippen LogP contribution is 2.37. The van der Waals surface area contributed by atoms with E-state index in [1.807, 2.05) is 0 Å². The maximum Gasteiger partial charge on any atom is 0.265 e. The van der Waals surface area contributed by atoms with Crippen molar-refractivity contribution in [2.24, 2.45) is 7.05 Å². The fourth-order valence-corrected chi connectivity index (χ4v) is 3.60. The zero-order valence-corrected chi connectivity index (χ0v) is 14.1. The number of imidazole rings is 1. The van der Waals surface area contributed by atoms with Crippen LogP contribution in [0.3, 0.4) is 0 Å². The predicted octanol–water partition coefficient (Wildman–Crippen LogP) is 3.34. The van der Waals surface area contributed by atoms with Gasteiger partial charge in [-0.25, -0.2) is 13.4 Å². The molecule has 0 bridgehead atoms. The van der Waals surface area contributed by atoms with Gasteiger partial charge in [-0.3, -0.25) is 0 Å². The Morgan fingerprint density at radius 2 is 2.15 bits per heavy atom. The zero-order chi connectivity index (χ0) is 14.9. The molecule has 0 saturated carbocycles. The van der Waals surface area contributed by atoms with Crippen LogP contribution in [0.5, 0.6) is 5.75 Å². The molecule has 0 fully saturated rings.